The Morgan fingerprint density at radius 2 is 2.26 bits per heavy atom. The number of pyridine rings is 1. The molecule has 0 bridgehead atoms. The Hall–Kier alpha value is -2.24. The van der Waals surface area contributed by atoms with Gasteiger partial charge in [-0.15, -0.1) is 0 Å². The molecule has 2 heterocycles. The zero-order chi connectivity index (χ0) is 13.7. The molecule has 0 radical (unpaired) electrons. The normalized spacial score (nSPS) is 12.1. The van der Waals surface area contributed by atoms with Gasteiger partial charge in [0.1, 0.15) is 11.4 Å². The van der Waals surface area contributed by atoms with E-state index >= 15 is 0 Å². The molecule has 0 fully saturated rings. The summed E-state index contributed by atoms with van der Waals surface area (Å²) in [6, 6.07) is 5.57. The largest absolute Gasteiger partial charge is 0.347 e. The number of rotatable bonds is 5. The molecule has 0 spiro atoms. The van der Waals surface area contributed by atoms with E-state index < -0.39 is 0 Å². The van der Waals surface area contributed by atoms with Crippen LogP contribution in [0, 0.1) is 6.92 Å². The molecule has 0 aliphatic carbocycles. The van der Waals surface area contributed by atoms with Gasteiger partial charge >= 0.3 is 0 Å². The highest BCUT2D eigenvalue weighted by Gasteiger charge is 2.16. The van der Waals surface area contributed by atoms with Gasteiger partial charge in [0, 0.05) is 6.20 Å². The van der Waals surface area contributed by atoms with Crippen molar-refractivity contribution in [3.63, 3.8) is 0 Å². The van der Waals surface area contributed by atoms with Crippen molar-refractivity contribution in [3.05, 3.63) is 41.5 Å². The highest BCUT2D eigenvalue weighted by molar-refractivity contribution is 5.78. The molecule has 0 aliphatic rings. The lowest BCUT2D eigenvalue weighted by Gasteiger charge is -2.15. The minimum atomic E-state index is -0.115. The van der Waals surface area contributed by atoms with Gasteiger partial charge in [0.05, 0.1) is 18.2 Å². The highest BCUT2D eigenvalue weighted by atomic mass is 16.6. The van der Waals surface area contributed by atoms with Crippen LogP contribution in [0.1, 0.15) is 36.5 Å². The van der Waals surface area contributed by atoms with E-state index in [1.54, 1.807) is 13.1 Å². The lowest BCUT2D eigenvalue weighted by Crippen LogP contribution is -2.30. The van der Waals surface area contributed by atoms with Gasteiger partial charge in [-0.3, -0.25) is 9.78 Å². The van der Waals surface area contributed by atoms with Crippen LogP contribution in [0.3, 0.4) is 0 Å². The average Bonchev–Trinajstić information content (AvgIpc) is 2.82. The standard InChI is InChI=1S/C13H16N4O2/c1-3-10(11-6-4-5-7-14-11)15-13(18)8-12-9(2)16-19-17-12/h4-7,10H,3,8H2,1-2H3,(H,15,18)/t10-/m1/s1. The van der Waals surface area contributed by atoms with E-state index in [0.29, 0.717) is 11.4 Å². The molecule has 19 heavy (non-hydrogen) atoms. The van der Waals surface area contributed by atoms with Gasteiger partial charge < -0.3 is 5.32 Å². The van der Waals surface area contributed by atoms with E-state index in [-0.39, 0.29) is 18.4 Å². The molecule has 2 rings (SSSR count). The molecule has 2 aromatic rings. The molecule has 0 aromatic carbocycles. The summed E-state index contributed by atoms with van der Waals surface area (Å²) in [6.45, 7) is 3.76. The number of nitrogens with zero attached hydrogens (tertiary/aromatic N) is 3. The summed E-state index contributed by atoms with van der Waals surface area (Å²) in [5.74, 6) is -0.115. The average molecular weight is 260 g/mol. The quantitative estimate of drug-likeness (QED) is 0.882. The van der Waals surface area contributed by atoms with Crippen molar-refractivity contribution in [2.75, 3.05) is 0 Å². The third kappa shape index (κ3) is 3.37. The molecule has 6 heteroatoms. The first-order valence-electron chi connectivity index (χ1n) is 6.19. The summed E-state index contributed by atoms with van der Waals surface area (Å²) in [5, 5.41) is 10.3. The van der Waals surface area contributed by atoms with Crippen molar-refractivity contribution in [3.8, 4) is 0 Å². The fraction of sp³-hybridized carbons (Fsp3) is 0.385. The first kappa shape index (κ1) is 13.2. The Labute approximate surface area is 111 Å². The lowest BCUT2D eigenvalue weighted by molar-refractivity contribution is -0.121. The van der Waals surface area contributed by atoms with E-state index in [0.717, 1.165) is 12.1 Å². The zero-order valence-electron chi connectivity index (χ0n) is 11.0. The number of hydrogen-bond donors (Lipinski definition) is 1. The van der Waals surface area contributed by atoms with Crippen LogP contribution < -0.4 is 5.32 Å². The van der Waals surface area contributed by atoms with Crippen LogP contribution in [0.2, 0.25) is 0 Å². The molecule has 1 atom stereocenters. The van der Waals surface area contributed by atoms with Crippen LogP contribution in [-0.4, -0.2) is 21.2 Å². The molecule has 2 aromatic heterocycles. The van der Waals surface area contributed by atoms with Crippen molar-refractivity contribution in [1.82, 2.24) is 20.6 Å². The predicted molar refractivity (Wildman–Crippen MR) is 68.2 cm³/mol. The second-order valence-electron chi connectivity index (χ2n) is 4.26. The number of hydrogen-bond acceptors (Lipinski definition) is 5. The third-order valence-corrected chi connectivity index (χ3v) is 2.86. The molecule has 100 valence electrons. The summed E-state index contributed by atoms with van der Waals surface area (Å²) in [5.41, 5.74) is 2.06. The maximum atomic E-state index is 12.0. The van der Waals surface area contributed by atoms with Gasteiger partial charge in [0.15, 0.2) is 0 Å². The van der Waals surface area contributed by atoms with Crippen LogP contribution >= 0.6 is 0 Å². The number of amides is 1. The Morgan fingerprint density at radius 3 is 2.84 bits per heavy atom. The van der Waals surface area contributed by atoms with Crippen molar-refractivity contribution in [2.45, 2.75) is 32.7 Å². The fourth-order valence-electron chi connectivity index (χ4n) is 1.77. The van der Waals surface area contributed by atoms with Gasteiger partial charge in [-0.2, -0.15) is 0 Å². The first-order valence-corrected chi connectivity index (χ1v) is 6.19. The summed E-state index contributed by atoms with van der Waals surface area (Å²) in [7, 11) is 0. The number of carbonyl (C=O) groups is 1. The van der Waals surface area contributed by atoms with Gasteiger partial charge in [0.2, 0.25) is 5.91 Å². The van der Waals surface area contributed by atoms with E-state index in [9.17, 15) is 4.79 Å². The zero-order valence-corrected chi connectivity index (χ0v) is 11.0. The van der Waals surface area contributed by atoms with Crippen LogP contribution in [-0.2, 0) is 11.2 Å². The number of carbonyl (C=O) groups excluding carboxylic acids is 1. The third-order valence-electron chi connectivity index (χ3n) is 2.86. The number of nitrogens with one attached hydrogen (secondary N) is 1. The Kier molecular flexibility index (Phi) is 4.22. The van der Waals surface area contributed by atoms with Crippen LogP contribution in [0.15, 0.2) is 29.0 Å². The minimum Gasteiger partial charge on any atom is -0.347 e. The fourth-order valence-corrected chi connectivity index (χ4v) is 1.77. The van der Waals surface area contributed by atoms with E-state index in [1.807, 2.05) is 25.1 Å². The minimum absolute atomic E-state index is 0.0890. The second-order valence-corrected chi connectivity index (χ2v) is 4.26. The number of aromatic nitrogens is 3. The van der Waals surface area contributed by atoms with E-state index in [1.165, 1.54) is 0 Å². The van der Waals surface area contributed by atoms with Crippen molar-refractivity contribution < 1.29 is 9.42 Å². The maximum absolute atomic E-state index is 12.0. The van der Waals surface area contributed by atoms with Gasteiger partial charge in [-0.05, 0) is 25.5 Å². The molecule has 0 saturated carbocycles. The van der Waals surface area contributed by atoms with Gasteiger partial charge in [-0.25, -0.2) is 4.63 Å². The Morgan fingerprint density at radius 1 is 1.42 bits per heavy atom. The Bertz CT molecular complexity index is 539. The molecule has 1 amide bonds. The predicted octanol–water partition coefficient (Wildman–Crippen LogP) is 1.58. The molecule has 1 N–H and O–H groups in total. The van der Waals surface area contributed by atoms with E-state index in [4.69, 9.17) is 0 Å². The molecule has 6 nitrogen and oxygen atoms in total. The summed E-state index contributed by atoms with van der Waals surface area (Å²) in [4.78, 5) is 16.2. The summed E-state index contributed by atoms with van der Waals surface area (Å²) < 4.78 is 4.57. The molecular weight excluding hydrogens is 244 g/mol. The van der Waals surface area contributed by atoms with Crippen LogP contribution in [0.5, 0.6) is 0 Å². The Balaban J connectivity index is 1.99. The summed E-state index contributed by atoms with van der Waals surface area (Å²) in [6.07, 6.45) is 2.66. The van der Waals surface area contributed by atoms with Gasteiger partial charge in [-0.1, -0.05) is 23.3 Å². The van der Waals surface area contributed by atoms with Crippen molar-refractivity contribution in [1.29, 1.82) is 0 Å². The highest BCUT2D eigenvalue weighted by Crippen LogP contribution is 2.13. The molecule has 0 unspecified atom stereocenters. The summed E-state index contributed by atoms with van der Waals surface area (Å²) >= 11 is 0. The van der Waals surface area contributed by atoms with E-state index in [2.05, 4.69) is 25.2 Å². The maximum Gasteiger partial charge on any atom is 0.226 e. The van der Waals surface area contributed by atoms with Gasteiger partial charge in [0.25, 0.3) is 0 Å². The molecule has 0 aliphatic heterocycles. The smallest absolute Gasteiger partial charge is 0.226 e. The van der Waals surface area contributed by atoms with Crippen LogP contribution in [0.4, 0.5) is 0 Å². The second kappa shape index (κ2) is 6.08. The van der Waals surface area contributed by atoms with Crippen molar-refractivity contribution in [2.24, 2.45) is 0 Å². The first-order chi connectivity index (χ1) is 9.20. The monoisotopic (exact) mass is 260 g/mol. The van der Waals surface area contributed by atoms with Crippen LogP contribution in [0.25, 0.3) is 0 Å². The number of aryl methyl sites for hydroxylation is 1. The molecule has 0 saturated heterocycles. The SMILES string of the molecule is CC[C@@H](NC(=O)Cc1nonc1C)c1ccccn1. The molecular formula is C13H16N4O2. The lowest BCUT2D eigenvalue weighted by atomic mass is 10.1. The van der Waals surface area contributed by atoms with Crippen molar-refractivity contribution >= 4 is 5.91 Å². The topological polar surface area (TPSA) is 80.9 Å².